The molecule has 2 heterocycles. The average Bonchev–Trinajstić information content (AvgIpc) is 3.21. The van der Waals surface area contributed by atoms with Gasteiger partial charge in [0.05, 0.1) is 43.7 Å². The standard InChI is InChI=1S/C21H24N4O3/c1-2-28-21(26)25(18-7-8-19-20(13-18)23-15-22-19)14-16-3-5-17(6-4-16)24-9-11-27-12-10-24/h3-8,13,15H,2,9-12,14H2,1H3,(H,22,23). The lowest BCUT2D eigenvalue weighted by molar-refractivity contribution is 0.122. The van der Waals surface area contributed by atoms with Crippen LogP contribution in [0.2, 0.25) is 0 Å². The van der Waals surface area contributed by atoms with E-state index in [2.05, 4.69) is 39.1 Å². The number of morpholine rings is 1. The van der Waals surface area contributed by atoms with Crippen molar-refractivity contribution in [2.75, 3.05) is 42.7 Å². The second-order valence-electron chi connectivity index (χ2n) is 6.65. The Labute approximate surface area is 163 Å². The minimum Gasteiger partial charge on any atom is -0.449 e. The molecular weight excluding hydrogens is 356 g/mol. The third kappa shape index (κ3) is 3.94. The highest BCUT2D eigenvalue weighted by atomic mass is 16.6. The fourth-order valence-corrected chi connectivity index (χ4v) is 3.37. The van der Waals surface area contributed by atoms with Crippen LogP contribution in [0, 0.1) is 0 Å². The summed E-state index contributed by atoms with van der Waals surface area (Å²) >= 11 is 0. The van der Waals surface area contributed by atoms with Gasteiger partial charge in [0, 0.05) is 24.5 Å². The molecule has 1 saturated heterocycles. The smallest absolute Gasteiger partial charge is 0.414 e. The summed E-state index contributed by atoms with van der Waals surface area (Å²) < 4.78 is 10.7. The molecule has 0 spiro atoms. The number of hydrogen-bond acceptors (Lipinski definition) is 5. The number of hydrogen-bond donors (Lipinski definition) is 1. The van der Waals surface area contributed by atoms with E-state index in [-0.39, 0.29) is 6.09 Å². The summed E-state index contributed by atoms with van der Waals surface area (Å²) in [5.74, 6) is 0. The molecule has 4 rings (SSSR count). The molecule has 7 heteroatoms. The molecule has 0 unspecified atom stereocenters. The highest BCUT2D eigenvalue weighted by molar-refractivity contribution is 5.90. The molecular formula is C21H24N4O3. The molecule has 2 aromatic carbocycles. The zero-order valence-corrected chi connectivity index (χ0v) is 15.9. The third-order valence-electron chi connectivity index (χ3n) is 4.86. The first-order chi connectivity index (χ1) is 13.7. The molecule has 0 aliphatic carbocycles. The molecule has 1 aliphatic heterocycles. The van der Waals surface area contributed by atoms with Gasteiger partial charge in [-0.05, 0) is 42.8 Å². The number of amides is 1. The van der Waals surface area contributed by atoms with Gasteiger partial charge in [0.15, 0.2) is 0 Å². The van der Waals surface area contributed by atoms with Crippen molar-refractivity contribution < 1.29 is 14.3 Å². The van der Waals surface area contributed by atoms with Crippen LogP contribution >= 0.6 is 0 Å². The molecule has 0 bridgehead atoms. The zero-order valence-electron chi connectivity index (χ0n) is 15.9. The quantitative estimate of drug-likeness (QED) is 0.733. The normalized spacial score (nSPS) is 14.2. The van der Waals surface area contributed by atoms with Crippen LogP contribution in [0.25, 0.3) is 11.0 Å². The predicted molar refractivity (Wildman–Crippen MR) is 109 cm³/mol. The van der Waals surface area contributed by atoms with Crippen molar-refractivity contribution in [3.05, 3.63) is 54.4 Å². The summed E-state index contributed by atoms with van der Waals surface area (Å²) in [6.45, 7) is 5.89. The summed E-state index contributed by atoms with van der Waals surface area (Å²) in [6, 6.07) is 14.0. The number of aromatic nitrogens is 2. The number of anilines is 2. The van der Waals surface area contributed by atoms with E-state index in [1.165, 1.54) is 5.69 Å². The summed E-state index contributed by atoms with van der Waals surface area (Å²) in [5.41, 5.74) is 4.73. The maximum atomic E-state index is 12.6. The van der Waals surface area contributed by atoms with Gasteiger partial charge in [0.2, 0.25) is 0 Å². The van der Waals surface area contributed by atoms with Gasteiger partial charge < -0.3 is 19.4 Å². The highest BCUT2D eigenvalue weighted by Crippen LogP contribution is 2.24. The molecule has 146 valence electrons. The number of benzene rings is 2. The number of nitrogens with zero attached hydrogens (tertiary/aromatic N) is 3. The largest absolute Gasteiger partial charge is 0.449 e. The highest BCUT2D eigenvalue weighted by Gasteiger charge is 2.19. The van der Waals surface area contributed by atoms with Crippen molar-refractivity contribution in [3.63, 3.8) is 0 Å². The number of imidazole rings is 1. The predicted octanol–water partition coefficient (Wildman–Crippen LogP) is 3.56. The van der Waals surface area contributed by atoms with E-state index in [0.717, 1.165) is 48.6 Å². The molecule has 1 fully saturated rings. The lowest BCUT2D eigenvalue weighted by atomic mass is 10.1. The lowest BCUT2D eigenvalue weighted by Crippen LogP contribution is -2.36. The third-order valence-corrected chi connectivity index (χ3v) is 4.86. The van der Waals surface area contributed by atoms with E-state index >= 15 is 0 Å². The number of ether oxygens (including phenoxy) is 2. The second kappa shape index (κ2) is 8.31. The second-order valence-corrected chi connectivity index (χ2v) is 6.65. The monoisotopic (exact) mass is 380 g/mol. The first-order valence-electron chi connectivity index (χ1n) is 9.53. The van der Waals surface area contributed by atoms with Crippen LogP contribution in [-0.2, 0) is 16.0 Å². The van der Waals surface area contributed by atoms with Crippen molar-refractivity contribution in [2.45, 2.75) is 13.5 Å². The molecule has 28 heavy (non-hydrogen) atoms. The number of fused-ring (bicyclic) bond motifs is 1. The van der Waals surface area contributed by atoms with Gasteiger partial charge in [-0.15, -0.1) is 0 Å². The molecule has 1 amide bonds. The molecule has 0 saturated carbocycles. The number of carbonyl (C=O) groups is 1. The van der Waals surface area contributed by atoms with Crippen LogP contribution in [0.3, 0.4) is 0 Å². The van der Waals surface area contributed by atoms with Crippen molar-refractivity contribution in [2.24, 2.45) is 0 Å². The van der Waals surface area contributed by atoms with E-state index in [1.54, 1.807) is 11.2 Å². The van der Waals surface area contributed by atoms with Gasteiger partial charge >= 0.3 is 6.09 Å². The van der Waals surface area contributed by atoms with Crippen molar-refractivity contribution in [1.29, 1.82) is 0 Å². The van der Waals surface area contributed by atoms with Gasteiger partial charge in [-0.25, -0.2) is 9.78 Å². The maximum absolute atomic E-state index is 12.6. The first kappa shape index (κ1) is 18.3. The van der Waals surface area contributed by atoms with E-state index in [4.69, 9.17) is 9.47 Å². The fraction of sp³-hybridized carbons (Fsp3) is 0.333. The minimum atomic E-state index is -0.362. The van der Waals surface area contributed by atoms with Crippen LogP contribution in [-0.4, -0.2) is 49.0 Å². The number of rotatable bonds is 5. The van der Waals surface area contributed by atoms with Crippen LogP contribution in [0.15, 0.2) is 48.8 Å². The Kier molecular flexibility index (Phi) is 5.43. The van der Waals surface area contributed by atoms with Gasteiger partial charge in [0.25, 0.3) is 0 Å². The Hall–Kier alpha value is -3.06. The first-order valence-corrected chi connectivity index (χ1v) is 9.53. The van der Waals surface area contributed by atoms with Gasteiger partial charge in [-0.3, -0.25) is 4.90 Å². The average molecular weight is 380 g/mol. The van der Waals surface area contributed by atoms with Crippen molar-refractivity contribution in [3.8, 4) is 0 Å². The Balaban J connectivity index is 1.55. The number of nitrogens with one attached hydrogen (secondary N) is 1. The van der Waals surface area contributed by atoms with Gasteiger partial charge in [0.1, 0.15) is 0 Å². The molecule has 0 radical (unpaired) electrons. The van der Waals surface area contributed by atoms with Crippen LogP contribution in [0.1, 0.15) is 12.5 Å². The van der Waals surface area contributed by atoms with E-state index in [0.29, 0.717) is 13.2 Å². The maximum Gasteiger partial charge on any atom is 0.414 e. The summed E-state index contributed by atoms with van der Waals surface area (Å²) in [6.07, 6.45) is 1.28. The van der Waals surface area contributed by atoms with Crippen LogP contribution in [0.4, 0.5) is 16.2 Å². The van der Waals surface area contributed by atoms with E-state index in [9.17, 15) is 4.79 Å². The number of aromatic amines is 1. The fourth-order valence-electron chi connectivity index (χ4n) is 3.37. The Morgan fingerprint density at radius 1 is 1.21 bits per heavy atom. The Morgan fingerprint density at radius 2 is 2.00 bits per heavy atom. The topological polar surface area (TPSA) is 70.7 Å². The zero-order chi connectivity index (χ0) is 19.3. The lowest BCUT2D eigenvalue weighted by Gasteiger charge is -2.29. The number of carbonyl (C=O) groups excluding carboxylic acids is 1. The van der Waals surface area contributed by atoms with Crippen molar-refractivity contribution >= 4 is 28.5 Å². The van der Waals surface area contributed by atoms with Crippen LogP contribution in [0.5, 0.6) is 0 Å². The SMILES string of the molecule is CCOC(=O)N(Cc1ccc(N2CCOCC2)cc1)c1ccc2nc[nH]c2c1. The summed E-state index contributed by atoms with van der Waals surface area (Å²) in [5, 5.41) is 0. The van der Waals surface area contributed by atoms with Gasteiger partial charge in [-0.2, -0.15) is 0 Å². The molecule has 1 aromatic heterocycles. The van der Waals surface area contributed by atoms with E-state index < -0.39 is 0 Å². The van der Waals surface area contributed by atoms with Gasteiger partial charge in [-0.1, -0.05) is 12.1 Å². The number of H-pyrrole nitrogens is 1. The minimum absolute atomic E-state index is 0.331. The van der Waals surface area contributed by atoms with Crippen molar-refractivity contribution in [1.82, 2.24) is 9.97 Å². The summed E-state index contributed by atoms with van der Waals surface area (Å²) in [7, 11) is 0. The molecule has 0 atom stereocenters. The molecule has 7 nitrogen and oxygen atoms in total. The van der Waals surface area contributed by atoms with Crippen LogP contribution < -0.4 is 9.80 Å². The molecule has 1 N–H and O–H groups in total. The molecule has 1 aliphatic rings. The Bertz CT molecular complexity index is 932. The summed E-state index contributed by atoms with van der Waals surface area (Å²) in [4.78, 5) is 23.9. The van der Waals surface area contributed by atoms with E-state index in [1.807, 2.05) is 25.1 Å². The Morgan fingerprint density at radius 3 is 2.75 bits per heavy atom. The molecule has 3 aromatic rings.